The highest BCUT2D eigenvalue weighted by Crippen LogP contribution is 2.42. The first kappa shape index (κ1) is 16.6. The van der Waals surface area contributed by atoms with E-state index < -0.39 is 6.85 Å². The van der Waals surface area contributed by atoms with E-state index in [-0.39, 0.29) is 11.5 Å². The number of pyridine rings is 2. The zero-order valence-electron chi connectivity index (χ0n) is 21.2. The molecule has 4 heteroatoms. The van der Waals surface area contributed by atoms with Crippen LogP contribution in [-0.4, -0.2) is 4.98 Å². The van der Waals surface area contributed by atoms with Crippen molar-refractivity contribution in [3.05, 3.63) is 96.1 Å². The number of fused-ring (bicyclic) bond motifs is 5. The summed E-state index contributed by atoms with van der Waals surface area (Å²) in [6.07, 6.45) is 1.97. The monoisotopic (exact) mass is 436 g/mol. The van der Waals surface area contributed by atoms with E-state index in [1.54, 1.807) is 24.3 Å². The van der Waals surface area contributed by atoms with E-state index >= 15 is 0 Å². The van der Waals surface area contributed by atoms with E-state index in [2.05, 4.69) is 30.1 Å². The summed E-state index contributed by atoms with van der Waals surface area (Å²) in [5.74, 6) is -0.279. The van der Waals surface area contributed by atoms with Crippen LogP contribution >= 0.6 is 0 Å². The first-order chi connectivity index (χ1) is 17.2. The van der Waals surface area contributed by atoms with Gasteiger partial charge in [-0.05, 0) is 65.5 Å². The van der Waals surface area contributed by atoms with E-state index in [0.717, 1.165) is 49.5 Å². The van der Waals surface area contributed by atoms with Crippen LogP contribution < -0.4 is 4.57 Å². The zero-order valence-corrected chi connectivity index (χ0v) is 18.2. The maximum atomic E-state index is 13.5. The highest BCUT2D eigenvalue weighted by atomic mass is 19.1. The predicted molar refractivity (Wildman–Crippen MR) is 131 cm³/mol. The minimum atomic E-state index is -2.33. The lowest BCUT2D eigenvalue weighted by Gasteiger charge is -2.11. The smallest absolute Gasteiger partial charge is 0.227 e. The molecule has 0 radical (unpaired) electrons. The summed E-state index contributed by atoms with van der Waals surface area (Å²) in [5.41, 5.74) is 5.67. The molecule has 0 saturated heterocycles. The van der Waals surface area contributed by atoms with E-state index in [1.807, 2.05) is 36.0 Å². The Labute approximate surface area is 195 Å². The van der Waals surface area contributed by atoms with Crippen LogP contribution in [0.2, 0.25) is 0 Å². The molecule has 0 aliphatic heterocycles. The average molecular weight is 437 g/mol. The molecular formula is C29H22FN2O+. The van der Waals surface area contributed by atoms with Crippen molar-refractivity contribution in [1.29, 1.82) is 0 Å². The SMILES string of the molecule is [2H]C([2H])([2H])c1ccc2c(n1)oc1c(-c3cc(-c4ccc(F)cc4)cc[n+]3C)c(C)c3ccccc3c12. The molecule has 33 heavy (non-hydrogen) atoms. The summed E-state index contributed by atoms with van der Waals surface area (Å²) in [7, 11) is 1.97. The molecule has 0 N–H and O–H groups in total. The molecule has 0 aliphatic rings. The highest BCUT2D eigenvalue weighted by molar-refractivity contribution is 6.23. The maximum absolute atomic E-state index is 13.5. The van der Waals surface area contributed by atoms with Crippen LogP contribution in [0.3, 0.4) is 0 Å². The number of hydrogen-bond acceptors (Lipinski definition) is 2. The molecule has 0 spiro atoms. The van der Waals surface area contributed by atoms with Gasteiger partial charge >= 0.3 is 0 Å². The lowest BCUT2D eigenvalue weighted by Crippen LogP contribution is -2.30. The molecule has 3 aromatic heterocycles. The van der Waals surface area contributed by atoms with Crippen molar-refractivity contribution in [1.82, 2.24) is 4.98 Å². The fourth-order valence-corrected chi connectivity index (χ4v) is 4.70. The second-order valence-electron chi connectivity index (χ2n) is 8.32. The van der Waals surface area contributed by atoms with Crippen LogP contribution in [0.25, 0.3) is 55.2 Å². The predicted octanol–water partition coefficient (Wildman–Crippen LogP) is 7.05. The fourth-order valence-electron chi connectivity index (χ4n) is 4.70. The number of aryl methyl sites for hydroxylation is 3. The van der Waals surface area contributed by atoms with Crippen molar-refractivity contribution in [2.24, 2.45) is 7.05 Å². The number of hydrogen-bond donors (Lipinski definition) is 0. The lowest BCUT2D eigenvalue weighted by molar-refractivity contribution is -0.660. The van der Waals surface area contributed by atoms with Crippen molar-refractivity contribution < 1.29 is 17.5 Å². The van der Waals surface area contributed by atoms with Crippen LogP contribution in [0.5, 0.6) is 0 Å². The van der Waals surface area contributed by atoms with Crippen LogP contribution in [0.15, 0.2) is 83.4 Å². The third-order valence-corrected chi connectivity index (χ3v) is 6.34. The van der Waals surface area contributed by atoms with Crippen LogP contribution in [0, 0.1) is 19.6 Å². The minimum absolute atomic E-state index is 0.000460. The normalized spacial score (nSPS) is 13.4. The Kier molecular flexibility index (Phi) is 3.63. The number of rotatable bonds is 2. The summed E-state index contributed by atoms with van der Waals surface area (Å²) >= 11 is 0. The van der Waals surface area contributed by atoms with E-state index in [0.29, 0.717) is 11.3 Å². The lowest BCUT2D eigenvalue weighted by atomic mass is 9.92. The van der Waals surface area contributed by atoms with Crippen molar-refractivity contribution in [3.8, 4) is 22.4 Å². The topological polar surface area (TPSA) is 29.9 Å². The molecule has 0 bridgehead atoms. The molecule has 0 amide bonds. The molecule has 0 fully saturated rings. The average Bonchev–Trinajstić information content (AvgIpc) is 3.24. The summed E-state index contributed by atoms with van der Waals surface area (Å²) in [4.78, 5) is 4.38. The number of nitrogens with zero attached hydrogens (tertiary/aromatic N) is 2. The van der Waals surface area contributed by atoms with E-state index in [4.69, 9.17) is 8.53 Å². The van der Waals surface area contributed by atoms with Gasteiger partial charge in [-0.3, -0.25) is 0 Å². The molecule has 6 rings (SSSR count). The Bertz CT molecular complexity index is 1800. The number of benzene rings is 3. The highest BCUT2D eigenvalue weighted by Gasteiger charge is 2.24. The number of furan rings is 1. The van der Waals surface area contributed by atoms with Crippen molar-refractivity contribution in [2.45, 2.75) is 13.8 Å². The second-order valence-corrected chi connectivity index (χ2v) is 8.32. The Balaban J connectivity index is 1.72. The molecule has 0 atom stereocenters. The van der Waals surface area contributed by atoms with Gasteiger partial charge in [-0.2, -0.15) is 0 Å². The molecule has 0 saturated carbocycles. The van der Waals surface area contributed by atoms with Crippen molar-refractivity contribution in [3.63, 3.8) is 0 Å². The van der Waals surface area contributed by atoms with Gasteiger partial charge in [0.1, 0.15) is 12.9 Å². The molecular weight excluding hydrogens is 411 g/mol. The van der Waals surface area contributed by atoms with Crippen molar-refractivity contribution >= 4 is 32.8 Å². The Morgan fingerprint density at radius 2 is 1.70 bits per heavy atom. The van der Waals surface area contributed by atoms with E-state index in [9.17, 15) is 4.39 Å². The fraction of sp³-hybridized carbons (Fsp3) is 0.103. The third kappa shape index (κ3) is 3.02. The Morgan fingerprint density at radius 3 is 2.48 bits per heavy atom. The van der Waals surface area contributed by atoms with E-state index in [1.165, 1.54) is 12.1 Å². The van der Waals surface area contributed by atoms with Gasteiger partial charge in [-0.25, -0.2) is 13.9 Å². The maximum Gasteiger partial charge on any atom is 0.227 e. The summed E-state index contributed by atoms with van der Waals surface area (Å²) in [6.45, 7) is -0.264. The van der Waals surface area contributed by atoms with Gasteiger partial charge in [-0.15, -0.1) is 0 Å². The number of aromatic nitrogens is 2. The minimum Gasteiger partial charge on any atom is -0.437 e. The molecule has 0 unspecified atom stereocenters. The van der Waals surface area contributed by atoms with Gasteiger partial charge in [0.05, 0.1) is 5.56 Å². The first-order valence-corrected chi connectivity index (χ1v) is 10.7. The molecule has 3 aromatic carbocycles. The molecule has 6 aromatic rings. The van der Waals surface area contributed by atoms with Crippen LogP contribution in [-0.2, 0) is 7.05 Å². The molecule has 0 aliphatic carbocycles. The second kappa shape index (κ2) is 7.24. The number of halogens is 1. The Hall–Kier alpha value is -4.05. The summed E-state index contributed by atoms with van der Waals surface area (Å²) in [6, 6.07) is 22.0. The standard InChI is InChI=1S/C29H22FN2O/c1-17-8-13-24-27-23-7-5-4-6-22(23)18(2)26(28(27)33-29(24)31-17)25-16-20(14-15-32(25)3)19-9-11-21(30)12-10-19/h4-16H,1-3H3/q+1/i1D3. The Morgan fingerprint density at radius 1 is 0.909 bits per heavy atom. The first-order valence-electron chi connectivity index (χ1n) is 12.2. The van der Waals surface area contributed by atoms with Crippen LogP contribution in [0.1, 0.15) is 15.4 Å². The molecule has 160 valence electrons. The van der Waals surface area contributed by atoms with Gasteiger partial charge in [0.2, 0.25) is 11.4 Å². The molecule has 3 nitrogen and oxygen atoms in total. The van der Waals surface area contributed by atoms with Crippen molar-refractivity contribution in [2.75, 3.05) is 0 Å². The third-order valence-electron chi connectivity index (χ3n) is 6.34. The zero-order chi connectivity index (χ0) is 25.2. The quantitative estimate of drug-likeness (QED) is 0.272. The van der Waals surface area contributed by atoms with Gasteiger partial charge in [-0.1, -0.05) is 36.4 Å². The van der Waals surface area contributed by atoms with Crippen LogP contribution in [0.4, 0.5) is 4.39 Å². The van der Waals surface area contributed by atoms with Gasteiger partial charge in [0.25, 0.3) is 0 Å². The summed E-state index contributed by atoms with van der Waals surface area (Å²) < 4.78 is 45.2. The van der Waals surface area contributed by atoms with Gasteiger partial charge in [0.15, 0.2) is 11.8 Å². The largest absolute Gasteiger partial charge is 0.437 e. The molecule has 3 heterocycles. The summed E-state index contributed by atoms with van der Waals surface area (Å²) in [5, 5.41) is 3.77. The van der Waals surface area contributed by atoms with Gasteiger partial charge in [0, 0.05) is 32.7 Å². The van der Waals surface area contributed by atoms with Gasteiger partial charge < -0.3 is 4.42 Å².